The van der Waals surface area contributed by atoms with Crippen LogP contribution < -0.4 is 5.32 Å². The van der Waals surface area contributed by atoms with E-state index in [1.54, 1.807) is 6.07 Å². The van der Waals surface area contributed by atoms with Gasteiger partial charge in [0.25, 0.3) is 5.91 Å². The third kappa shape index (κ3) is 2.77. The molecule has 1 atom stereocenters. The van der Waals surface area contributed by atoms with Gasteiger partial charge in [0.05, 0.1) is 5.52 Å². The molecule has 8 nitrogen and oxygen atoms in total. The predicted molar refractivity (Wildman–Crippen MR) is 92.2 cm³/mol. The fourth-order valence-electron chi connectivity index (χ4n) is 3.38. The Hall–Kier alpha value is -2.77. The molecular formula is C17H21N7O. The Labute approximate surface area is 145 Å². The summed E-state index contributed by atoms with van der Waals surface area (Å²) >= 11 is 0. The van der Waals surface area contributed by atoms with Gasteiger partial charge >= 0.3 is 0 Å². The molecule has 8 heteroatoms. The van der Waals surface area contributed by atoms with Gasteiger partial charge in [-0.05, 0) is 31.5 Å². The van der Waals surface area contributed by atoms with E-state index in [4.69, 9.17) is 0 Å². The average Bonchev–Trinajstić information content (AvgIpc) is 3.24. The number of nitrogens with zero attached hydrogens (tertiary/aromatic N) is 6. The molecule has 0 fully saturated rings. The number of fused-ring (bicyclic) bond motifs is 2. The van der Waals surface area contributed by atoms with E-state index in [1.165, 1.54) is 0 Å². The normalized spacial score (nSPS) is 16.8. The van der Waals surface area contributed by atoms with Crippen molar-refractivity contribution in [2.24, 2.45) is 0 Å². The van der Waals surface area contributed by atoms with Crippen molar-refractivity contribution in [1.82, 2.24) is 35.1 Å². The van der Waals surface area contributed by atoms with Crippen LogP contribution in [0.1, 0.15) is 42.3 Å². The van der Waals surface area contributed by atoms with Crippen molar-refractivity contribution in [2.75, 3.05) is 0 Å². The van der Waals surface area contributed by atoms with E-state index in [0.717, 1.165) is 55.0 Å². The Bertz CT molecular complexity index is 913. The van der Waals surface area contributed by atoms with Gasteiger partial charge in [0.2, 0.25) is 0 Å². The molecule has 0 spiro atoms. The molecule has 0 bridgehead atoms. The second kappa shape index (κ2) is 6.27. The molecule has 130 valence electrons. The zero-order valence-electron chi connectivity index (χ0n) is 14.4. The van der Waals surface area contributed by atoms with Crippen molar-refractivity contribution in [3.8, 4) is 0 Å². The van der Waals surface area contributed by atoms with Crippen LogP contribution in [-0.4, -0.2) is 41.7 Å². The van der Waals surface area contributed by atoms with Crippen LogP contribution in [0.25, 0.3) is 11.0 Å². The minimum Gasteiger partial charge on any atom is -0.347 e. The molecule has 1 aliphatic heterocycles. The molecule has 0 radical (unpaired) electrons. The molecule has 4 rings (SSSR count). The fourth-order valence-corrected chi connectivity index (χ4v) is 3.38. The van der Waals surface area contributed by atoms with Crippen molar-refractivity contribution >= 4 is 16.9 Å². The number of hydrogen-bond donors (Lipinski definition) is 1. The highest BCUT2D eigenvalue weighted by molar-refractivity contribution is 5.97. The number of amides is 1. The highest BCUT2D eigenvalue weighted by Gasteiger charge is 2.24. The Morgan fingerprint density at radius 2 is 2.16 bits per heavy atom. The summed E-state index contributed by atoms with van der Waals surface area (Å²) in [6.45, 7) is 5.57. The quantitative estimate of drug-likeness (QED) is 0.775. The van der Waals surface area contributed by atoms with Crippen molar-refractivity contribution in [2.45, 2.75) is 52.2 Å². The molecule has 0 saturated heterocycles. The van der Waals surface area contributed by atoms with E-state index < -0.39 is 0 Å². The minimum atomic E-state index is -0.0764. The van der Waals surface area contributed by atoms with Crippen LogP contribution in [0, 0.1) is 0 Å². The number of aromatic nitrogens is 6. The second-order valence-corrected chi connectivity index (χ2v) is 6.31. The molecule has 0 saturated carbocycles. The lowest BCUT2D eigenvalue weighted by Crippen LogP contribution is -2.41. The molecule has 1 amide bonds. The van der Waals surface area contributed by atoms with E-state index >= 15 is 0 Å². The molecule has 1 aromatic carbocycles. The molecule has 2 aromatic heterocycles. The monoisotopic (exact) mass is 339 g/mol. The zero-order chi connectivity index (χ0) is 17.4. The molecule has 3 heterocycles. The topological polar surface area (TPSA) is 90.5 Å². The summed E-state index contributed by atoms with van der Waals surface area (Å²) in [6.07, 6.45) is 2.56. The van der Waals surface area contributed by atoms with E-state index in [2.05, 4.69) is 37.3 Å². The number of carbonyl (C=O) groups is 1. The molecular weight excluding hydrogens is 318 g/mol. The van der Waals surface area contributed by atoms with Crippen molar-refractivity contribution in [3.05, 3.63) is 35.4 Å². The summed E-state index contributed by atoms with van der Waals surface area (Å²) in [6, 6.07) is 5.62. The lowest BCUT2D eigenvalue weighted by molar-refractivity contribution is 0.0927. The van der Waals surface area contributed by atoms with E-state index in [-0.39, 0.29) is 11.9 Å². The highest BCUT2D eigenvalue weighted by Crippen LogP contribution is 2.17. The van der Waals surface area contributed by atoms with Gasteiger partial charge in [-0.3, -0.25) is 4.79 Å². The molecule has 0 unspecified atom stereocenters. The Kier molecular flexibility index (Phi) is 3.95. The van der Waals surface area contributed by atoms with Crippen molar-refractivity contribution in [3.63, 3.8) is 0 Å². The summed E-state index contributed by atoms with van der Waals surface area (Å²) < 4.78 is 3.95. The van der Waals surface area contributed by atoms with E-state index in [1.807, 2.05) is 23.7 Å². The Morgan fingerprint density at radius 3 is 2.96 bits per heavy atom. The van der Waals surface area contributed by atoms with E-state index in [9.17, 15) is 4.79 Å². The minimum absolute atomic E-state index is 0.0764. The van der Waals surface area contributed by atoms with Gasteiger partial charge < -0.3 is 9.88 Å². The maximum atomic E-state index is 12.6. The van der Waals surface area contributed by atoms with Crippen LogP contribution in [0.15, 0.2) is 18.2 Å². The first-order valence-electron chi connectivity index (χ1n) is 8.74. The molecule has 0 aliphatic carbocycles. The second-order valence-electron chi connectivity index (χ2n) is 6.31. The number of hydrogen-bond acceptors (Lipinski definition) is 5. The number of benzene rings is 1. The Morgan fingerprint density at radius 1 is 1.28 bits per heavy atom. The third-order valence-electron chi connectivity index (χ3n) is 4.75. The smallest absolute Gasteiger partial charge is 0.251 e. The van der Waals surface area contributed by atoms with Gasteiger partial charge in [0, 0.05) is 37.5 Å². The van der Waals surface area contributed by atoms with E-state index in [0.29, 0.717) is 5.56 Å². The SMILES string of the molecule is CCc1nnc2n1C[C@H](NC(=O)c1ccc3c(c1)nnn3CC)CC2. The first-order chi connectivity index (χ1) is 12.2. The lowest BCUT2D eigenvalue weighted by Gasteiger charge is -2.25. The molecule has 3 aromatic rings. The van der Waals surface area contributed by atoms with Gasteiger partial charge in [-0.1, -0.05) is 12.1 Å². The van der Waals surface area contributed by atoms with Crippen LogP contribution >= 0.6 is 0 Å². The predicted octanol–water partition coefficient (Wildman–Crippen LogP) is 1.35. The van der Waals surface area contributed by atoms with Crippen LogP contribution in [0.2, 0.25) is 0 Å². The van der Waals surface area contributed by atoms with Crippen molar-refractivity contribution in [1.29, 1.82) is 0 Å². The van der Waals surface area contributed by atoms with Crippen LogP contribution in [-0.2, 0) is 25.9 Å². The van der Waals surface area contributed by atoms with Crippen LogP contribution in [0.3, 0.4) is 0 Å². The van der Waals surface area contributed by atoms with Crippen molar-refractivity contribution < 1.29 is 4.79 Å². The Balaban J connectivity index is 1.50. The van der Waals surface area contributed by atoms with Gasteiger partial charge in [0.15, 0.2) is 0 Å². The number of carbonyl (C=O) groups excluding carboxylic acids is 1. The average molecular weight is 339 g/mol. The summed E-state index contributed by atoms with van der Waals surface area (Å²) in [7, 11) is 0. The van der Waals surface area contributed by atoms with Gasteiger partial charge in [-0.15, -0.1) is 15.3 Å². The number of nitrogens with one attached hydrogen (secondary N) is 1. The molecule has 25 heavy (non-hydrogen) atoms. The summed E-state index contributed by atoms with van der Waals surface area (Å²) in [5.41, 5.74) is 2.30. The van der Waals surface area contributed by atoms with Gasteiger partial charge in [-0.25, -0.2) is 4.68 Å². The van der Waals surface area contributed by atoms with Crippen LogP contribution in [0.4, 0.5) is 0 Å². The van der Waals surface area contributed by atoms with Crippen LogP contribution in [0.5, 0.6) is 0 Å². The maximum Gasteiger partial charge on any atom is 0.251 e. The number of aryl methyl sites for hydroxylation is 3. The molecule has 1 N–H and O–H groups in total. The largest absolute Gasteiger partial charge is 0.347 e. The first-order valence-corrected chi connectivity index (χ1v) is 8.74. The summed E-state index contributed by atoms with van der Waals surface area (Å²) in [5.74, 6) is 1.92. The maximum absolute atomic E-state index is 12.6. The summed E-state index contributed by atoms with van der Waals surface area (Å²) in [4.78, 5) is 12.6. The fraction of sp³-hybridized carbons (Fsp3) is 0.471. The molecule has 1 aliphatic rings. The third-order valence-corrected chi connectivity index (χ3v) is 4.75. The zero-order valence-corrected chi connectivity index (χ0v) is 14.4. The number of rotatable bonds is 4. The highest BCUT2D eigenvalue weighted by atomic mass is 16.1. The standard InChI is InChI=1S/C17H21N7O/c1-3-15-20-21-16-8-6-12(10-23(15)16)18-17(25)11-5-7-14-13(9-11)19-22-24(14)4-2/h5,7,9,12H,3-4,6,8,10H2,1-2H3,(H,18,25)/t12-/m1/s1. The first kappa shape index (κ1) is 15.7. The van der Waals surface area contributed by atoms with Gasteiger partial charge in [-0.2, -0.15) is 0 Å². The van der Waals surface area contributed by atoms with Gasteiger partial charge in [0.1, 0.15) is 17.2 Å². The summed E-state index contributed by atoms with van der Waals surface area (Å²) in [5, 5.41) is 19.8. The lowest BCUT2D eigenvalue weighted by atomic mass is 10.1.